The second kappa shape index (κ2) is 9.39. The van der Waals surface area contributed by atoms with Gasteiger partial charge in [0.05, 0.1) is 15.5 Å². The van der Waals surface area contributed by atoms with Crippen LogP contribution in [0.2, 0.25) is 10.0 Å². The van der Waals surface area contributed by atoms with Crippen molar-refractivity contribution in [1.29, 1.82) is 0 Å². The van der Waals surface area contributed by atoms with E-state index in [0.29, 0.717) is 10.6 Å². The van der Waals surface area contributed by atoms with Crippen molar-refractivity contribution in [1.82, 2.24) is 0 Å². The van der Waals surface area contributed by atoms with Gasteiger partial charge in [-0.05, 0) is 54.6 Å². The highest BCUT2D eigenvalue weighted by Gasteiger charge is 2.19. The number of carbonyl (C=O) groups is 2. The molecular weight excluding hydrogens is 433 g/mol. The molecule has 0 bridgehead atoms. The summed E-state index contributed by atoms with van der Waals surface area (Å²) in [4.78, 5) is 34.7. The molecule has 0 aliphatic rings. The van der Waals surface area contributed by atoms with Crippen LogP contribution >= 0.6 is 23.2 Å². The fourth-order valence-corrected chi connectivity index (χ4v) is 2.79. The van der Waals surface area contributed by atoms with Crippen molar-refractivity contribution in [3.8, 4) is 11.5 Å². The molecule has 3 aromatic rings. The number of esters is 1. The summed E-state index contributed by atoms with van der Waals surface area (Å²) in [6.45, 7) is -0.426. The van der Waals surface area contributed by atoms with Gasteiger partial charge >= 0.3 is 11.7 Å². The molecule has 0 unspecified atom stereocenters. The molecule has 0 atom stereocenters. The lowest BCUT2D eigenvalue weighted by Crippen LogP contribution is -2.14. The first-order chi connectivity index (χ1) is 14.3. The summed E-state index contributed by atoms with van der Waals surface area (Å²) in [7, 11) is 0. The third-order valence-corrected chi connectivity index (χ3v) is 4.50. The van der Waals surface area contributed by atoms with Crippen LogP contribution in [0.15, 0.2) is 66.7 Å². The summed E-state index contributed by atoms with van der Waals surface area (Å²) in [6.07, 6.45) is 0. The molecule has 0 saturated heterocycles. The van der Waals surface area contributed by atoms with Crippen molar-refractivity contribution in [2.24, 2.45) is 0 Å². The number of halogens is 2. The zero-order chi connectivity index (χ0) is 21.7. The van der Waals surface area contributed by atoms with Crippen LogP contribution in [-0.4, -0.2) is 23.3 Å². The normalized spacial score (nSPS) is 10.3. The fraction of sp³-hybridized carbons (Fsp3) is 0.0476. The van der Waals surface area contributed by atoms with Crippen molar-refractivity contribution in [3.63, 3.8) is 0 Å². The Morgan fingerprint density at radius 1 is 0.900 bits per heavy atom. The molecule has 0 aromatic heterocycles. The van der Waals surface area contributed by atoms with Gasteiger partial charge in [0.15, 0.2) is 12.4 Å². The molecule has 0 heterocycles. The number of rotatable bonds is 7. The van der Waals surface area contributed by atoms with Crippen LogP contribution in [0.5, 0.6) is 11.5 Å². The standard InChI is InChI=1S/C21H13Cl2NO6/c22-15-8-4-13(5-9-15)19(25)12-29-21(26)14-6-10-16(11-7-14)30-20-17(23)2-1-3-18(20)24(27)28/h1-11H,12H2. The smallest absolute Gasteiger partial charge is 0.338 e. The lowest BCUT2D eigenvalue weighted by Gasteiger charge is -2.09. The average molecular weight is 446 g/mol. The third-order valence-electron chi connectivity index (χ3n) is 3.95. The van der Waals surface area contributed by atoms with Gasteiger partial charge in [0.25, 0.3) is 0 Å². The molecule has 3 rings (SSSR count). The number of para-hydroxylation sites is 1. The summed E-state index contributed by atoms with van der Waals surface area (Å²) in [5, 5.41) is 11.7. The zero-order valence-electron chi connectivity index (χ0n) is 15.2. The molecule has 0 saturated carbocycles. The molecule has 152 valence electrons. The van der Waals surface area contributed by atoms with Gasteiger partial charge in [-0.25, -0.2) is 4.79 Å². The predicted octanol–water partition coefficient (Wildman–Crippen LogP) is 5.73. The van der Waals surface area contributed by atoms with Crippen LogP contribution in [0.1, 0.15) is 20.7 Å². The second-order valence-corrected chi connectivity index (χ2v) is 6.82. The lowest BCUT2D eigenvalue weighted by molar-refractivity contribution is -0.385. The maximum Gasteiger partial charge on any atom is 0.338 e. The van der Waals surface area contributed by atoms with E-state index >= 15 is 0 Å². The molecule has 0 N–H and O–H groups in total. The van der Waals surface area contributed by atoms with Gasteiger partial charge in [-0.2, -0.15) is 0 Å². The van der Waals surface area contributed by atoms with Crippen LogP contribution in [0.4, 0.5) is 5.69 Å². The van der Waals surface area contributed by atoms with Crippen LogP contribution in [0.3, 0.4) is 0 Å². The first kappa shape index (κ1) is 21.3. The van der Waals surface area contributed by atoms with Crippen molar-refractivity contribution < 1.29 is 24.0 Å². The van der Waals surface area contributed by atoms with E-state index in [-0.39, 0.29) is 33.6 Å². The quantitative estimate of drug-likeness (QED) is 0.199. The first-order valence-corrected chi connectivity index (χ1v) is 9.27. The third kappa shape index (κ3) is 5.14. The van der Waals surface area contributed by atoms with Crippen molar-refractivity contribution in [3.05, 3.63) is 98.0 Å². The molecule has 9 heteroatoms. The minimum atomic E-state index is -0.701. The highest BCUT2D eigenvalue weighted by atomic mass is 35.5. The van der Waals surface area contributed by atoms with Crippen LogP contribution in [-0.2, 0) is 4.74 Å². The maximum absolute atomic E-state index is 12.2. The Bertz CT molecular complexity index is 1100. The number of nitrogens with zero attached hydrogens (tertiary/aromatic N) is 1. The number of nitro groups is 1. The Morgan fingerprint density at radius 3 is 2.17 bits per heavy atom. The van der Waals surface area contributed by atoms with Gasteiger partial charge in [-0.1, -0.05) is 29.3 Å². The van der Waals surface area contributed by atoms with E-state index in [1.165, 1.54) is 42.5 Å². The van der Waals surface area contributed by atoms with Gasteiger partial charge in [-0.15, -0.1) is 0 Å². The molecule has 0 aliphatic heterocycles. The number of benzene rings is 3. The van der Waals surface area contributed by atoms with E-state index in [0.717, 1.165) is 0 Å². The monoisotopic (exact) mass is 445 g/mol. The van der Waals surface area contributed by atoms with Gasteiger partial charge in [0.1, 0.15) is 5.75 Å². The van der Waals surface area contributed by atoms with E-state index < -0.39 is 17.5 Å². The number of ether oxygens (including phenoxy) is 2. The highest BCUT2D eigenvalue weighted by Crippen LogP contribution is 2.37. The van der Waals surface area contributed by atoms with E-state index in [4.69, 9.17) is 32.7 Å². The molecule has 0 aliphatic carbocycles. The van der Waals surface area contributed by atoms with Gasteiger partial charge in [-0.3, -0.25) is 14.9 Å². The lowest BCUT2D eigenvalue weighted by atomic mass is 10.1. The molecule has 7 nitrogen and oxygen atoms in total. The maximum atomic E-state index is 12.2. The molecular formula is C21H13Cl2NO6. The number of carbonyl (C=O) groups excluding carboxylic acids is 2. The highest BCUT2D eigenvalue weighted by molar-refractivity contribution is 6.32. The van der Waals surface area contributed by atoms with Gasteiger partial charge in [0.2, 0.25) is 5.75 Å². The first-order valence-electron chi connectivity index (χ1n) is 8.52. The van der Waals surface area contributed by atoms with E-state index in [1.54, 1.807) is 24.3 Å². The van der Waals surface area contributed by atoms with E-state index in [2.05, 4.69) is 0 Å². The molecule has 3 aromatic carbocycles. The van der Waals surface area contributed by atoms with Crippen molar-refractivity contribution in [2.75, 3.05) is 6.61 Å². The Kier molecular flexibility index (Phi) is 6.66. The Hall–Kier alpha value is -3.42. The molecule has 0 radical (unpaired) electrons. The molecule has 0 amide bonds. The summed E-state index contributed by atoms with van der Waals surface area (Å²) in [5.74, 6) is -0.938. The Labute approximate surface area is 180 Å². The molecule has 30 heavy (non-hydrogen) atoms. The number of nitro benzene ring substituents is 1. The van der Waals surface area contributed by atoms with Crippen molar-refractivity contribution in [2.45, 2.75) is 0 Å². The van der Waals surface area contributed by atoms with Gasteiger partial charge in [0, 0.05) is 16.7 Å². The van der Waals surface area contributed by atoms with Crippen LogP contribution in [0.25, 0.3) is 0 Å². The van der Waals surface area contributed by atoms with E-state index in [1.807, 2.05) is 0 Å². The number of ketones is 1. The topological polar surface area (TPSA) is 95.7 Å². The zero-order valence-corrected chi connectivity index (χ0v) is 16.7. The minimum Gasteiger partial charge on any atom is -0.454 e. The molecule has 0 spiro atoms. The van der Waals surface area contributed by atoms with Crippen LogP contribution < -0.4 is 4.74 Å². The van der Waals surface area contributed by atoms with Crippen LogP contribution in [0, 0.1) is 10.1 Å². The van der Waals surface area contributed by atoms with Gasteiger partial charge < -0.3 is 9.47 Å². The SMILES string of the molecule is O=C(COC(=O)c1ccc(Oc2c(Cl)cccc2[N+](=O)[O-])cc1)c1ccc(Cl)cc1. The number of hydrogen-bond donors (Lipinski definition) is 0. The van der Waals surface area contributed by atoms with E-state index in [9.17, 15) is 19.7 Å². The predicted molar refractivity (Wildman–Crippen MR) is 111 cm³/mol. The second-order valence-electron chi connectivity index (χ2n) is 5.98. The average Bonchev–Trinajstić information content (AvgIpc) is 2.74. The summed E-state index contributed by atoms with van der Waals surface area (Å²) in [6, 6.07) is 16.1. The Morgan fingerprint density at radius 2 is 1.53 bits per heavy atom. The largest absolute Gasteiger partial charge is 0.454 e. The van der Waals surface area contributed by atoms with Crippen molar-refractivity contribution >= 4 is 40.6 Å². The summed E-state index contributed by atoms with van der Waals surface area (Å²) < 4.78 is 10.5. The summed E-state index contributed by atoms with van der Waals surface area (Å²) in [5.41, 5.74) is 0.267. The Balaban J connectivity index is 1.64. The minimum absolute atomic E-state index is 0.0772. The molecule has 0 fully saturated rings. The number of hydrogen-bond acceptors (Lipinski definition) is 6. The fourth-order valence-electron chi connectivity index (χ4n) is 2.45. The number of Topliss-reactive ketones (excluding diaryl/α,β-unsaturated/α-hetero) is 1. The summed E-state index contributed by atoms with van der Waals surface area (Å²) >= 11 is 11.8.